The quantitative estimate of drug-likeness (QED) is 0.682. The molecule has 1 aliphatic heterocycles. The molecule has 1 aliphatic rings. The summed E-state index contributed by atoms with van der Waals surface area (Å²) in [4.78, 5) is 20.0. The first kappa shape index (κ1) is 22.3. The number of aromatic nitrogens is 2. The molecule has 0 aliphatic carbocycles. The van der Waals surface area contributed by atoms with Crippen molar-refractivity contribution in [2.45, 2.75) is 38.6 Å². The summed E-state index contributed by atoms with van der Waals surface area (Å²) in [5, 5.41) is 13.1. The van der Waals surface area contributed by atoms with Gasteiger partial charge in [-0.1, -0.05) is 42.4 Å². The number of likely N-dealkylation sites (tertiary alicyclic amines) is 1. The number of piperidine rings is 1. The zero-order valence-electron chi connectivity index (χ0n) is 16.3. The van der Waals surface area contributed by atoms with Gasteiger partial charge in [-0.3, -0.25) is 9.69 Å². The lowest BCUT2D eigenvalue weighted by molar-refractivity contribution is -0.139. The van der Waals surface area contributed by atoms with Crippen molar-refractivity contribution in [3.63, 3.8) is 0 Å². The van der Waals surface area contributed by atoms with E-state index in [-0.39, 0.29) is 19.0 Å². The van der Waals surface area contributed by atoms with Gasteiger partial charge in [0.25, 0.3) is 0 Å². The van der Waals surface area contributed by atoms with Gasteiger partial charge in [0.2, 0.25) is 11.7 Å². The second kappa shape index (κ2) is 11.1. The number of likely N-dealkylation sites (N-methyl/N-ethyl adjacent to an activating group) is 1. The van der Waals surface area contributed by atoms with Gasteiger partial charge in [0.15, 0.2) is 0 Å². The van der Waals surface area contributed by atoms with Gasteiger partial charge < -0.3 is 14.5 Å². The molecule has 1 aromatic carbocycles. The highest BCUT2D eigenvalue weighted by Gasteiger charge is 2.24. The molecule has 3 rings (SSSR count). The van der Waals surface area contributed by atoms with Crippen LogP contribution in [0.4, 0.5) is 0 Å². The van der Waals surface area contributed by atoms with Crippen molar-refractivity contribution >= 4 is 18.4 Å². The van der Waals surface area contributed by atoms with Crippen LogP contribution >= 0.6 is 12.4 Å². The van der Waals surface area contributed by atoms with Crippen LogP contribution in [0.3, 0.4) is 0 Å². The van der Waals surface area contributed by atoms with Gasteiger partial charge in [-0.05, 0) is 45.4 Å². The molecule has 0 atom stereocenters. The van der Waals surface area contributed by atoms with Crippen molar-refractivity contribution in [3.05, 3.63) is 36.2 Å². The summed E-state index contributed by atoms with van der Waals surface area (Å²) in [5.41, 5.74) is 0.969. The molecule has 1 aromatic heterocycles. The van der Waals surface area contributed by atoms with Gasteiger partial charge in [0.05, 0.1) is 6.54 Å². The monoisotopic (exact) mass is 408 g/mol. The van der Waals surface area contributed by atoms with Crippen LogP contribution in [0.25, 0.3) is 11.4 Å². The molecule has 7 nitrogen and oxygen atoms in total. The molecule has 0 amide bonds. The van der Waals surface area contributed by atoms with Crippen LogP contribution in [0.5, 0.6) is 0 Å². The summed E-state index contributed by atoms with van der Waals surface area (Å²) < 4.78 is 5.37. The average Bonchev–Trinajstić information content (AvgIpc) is 3.16. The number of hydrogen-bond acceptors (Lipinski definition) is 6. The minimum absolute atomic E-state index is 0. The maximum absolute atomic E-state index is 11.0. The van der Waals surface area contributed by atoms with E-state index >= 15 is 0 Å². The molecule has 0 bridgehead atoms. The molecule has 0 saturated carbocycles. The largest absolute Gasteiger partial charge is 0.480 e. The van der Waals surface area contributed by atoms with E-state index in [4.69, 9.17) is 9.63 Å². The van der Waals surface area contributed by atoms with Crippen molar-refractivity contribution in [2.24, 2.45) is 0 Å². The number of aryl methyl sites for hydroxylation is 1. The number of rotatable bonds is 9. The minimum atomic E-state index is -0.742. The van der Waals surface area contributed by atoms with Gasteiger partial charge in [-0.2, -0.15) is 4.98 Å². The Balaban J connectivity index is 0.00000280. The smallest absolute Gasteiger partial charge is 0.317 e. The minimum Gasteiger partial charge on any atom is -0.480 e. The van der Waals surface area contributed by atoms with Gasteiger partial charge in [-0.25, -0.2) is 0 Å². The Hall–Kier alpha value is -1.96. The van der Waals surface area contributed by atoms with E-state index in [1.54, 1.807) is 0 Å². The zero-order chi connectivity index (χ0) is 19.1. The van der Waals surface area contributed by atoms with Crippen LogP contribution in [0, 0.1) is 0 Å². The van der Waals surface area contributed by atoms with Gasteiger partial charge in [0, 0.05) is 18.0 Å². The second-order valence-corrected chi connectivity index (χ2v) is 7.01. The molecular formula is C20H29ClN4O3. The van der Waals surface area contributed by atoms with E-state index in [9.17, 15) is 4.79 Å². The first-order chi connectivity index (χ1) is 13.2. The Morgan fingerprint density at radius 2 is 2.00 bits per heavy atom. The van der Waals surface area contributed by atoms with E-state index in [2.05, 4.69) is 19.9 Å². The summed E-state index contributed by atoms with van der Waals surface area (Å²) >= 11 is 0. The summed E-state index contributed by atoms with van der Waals surface area (Å²) in [6, 6.07) is 10.2. The molecule has 28 heavy (non-hydrogen) atoms. The number of carboxylic acids is 1. The molecule has 2 heterocycles. The fourth-order valence-electron chi connectivity index (χ4n) is 3.70. The number of hydrogen-bond donors (Lipinski definition) is 1. The maximum Gasteiger partial charge on any atom is 0.317 e. The highest BCUT2D eigenvalue weighted by molar-refractivity contribution is 5.85. The Labute approximate surface area is 172 Å². The fraction of sp³-hybridized carbons (Fsp3) is 0.550. The van der Waals surface area contributed by atoms with Crippen LogP contribution in [-0.4, -0.2) is 69.8 Å². The third kappa shape index (κ3) is 6.29. The van der Waals surface area contributed by atoms with E-state index in [1.165, 1.54) is 0 Å². The molecule has 1 fully saturated rings. The number of nitrogens with zero attached hydrogens (tertiary/aromatic N) is 4. The van der Waals surface area contributed by atoms with Gasteiger partial charge in [-0.15, -0.1) is 12.4 Å². The molecule has 2 aromatic rings. The van der Waals surface area contributed by atoms with Crippen LogP contribution in [0.15, 0.2) is 34.9 Å². The SMILES string of the molecule is CCN(CC(=O)O)C1CCN(CCCc2nc(-c3ccccc3)no2)CC1.Cl. The van der Waals surface area contributed by atoms with Gasteiger partial charge >= 0.3 is 5.97 Å². The van der Waals surface area contributed by atoms with Crippen LogP contribution in [-0.2, 0) is 11.2 Å². The average molecular weight is 409 g/mol. The van der Waals surface area contributed by atoms with E-state index in [0.29, 0.717) is 17.8 Å². The van der Waals surface area contributed by atoms with Crippen molar-refractivity contribution in [1.29, 1.82) is 0 Å². The normalized spacial score (nSPS) is 15.5. The lowest BCUT2D eigenvalue weighted by atomic mass is 10.0. The molecule has 8 heteroatoms. The lowest BCUT2D eigenvalue weighted by Crippen LogP contribution is -2.46. The number of aliphatic carboxylic acids is 1. The van der Waals surface area contributed by atoms with Crippen LogP contribution in [0.1, 0.15) is 32.1 Å². The molecule has 1 saturated heterocycles. The van der Waals surface area contributed by atoms with Crippen molar-refractivity contribution in [3.8, 4) is 11.4 Å². The van der Waals surface area contributed by atoms with Gasteiger partial charge in [0.1, 0.15) is 0 Å². The molecule has 154 valence electrons. The molecular weight excluding hydrogens is 380 g/mol. The first-order valence-electron chi connectivity index (χ1n) is 9.72. The third-order valence-corrected chi connectivity index (χ3v) is 5.18. The molecule has 0 unspecified atom stereocenters. The predicted octanol–water partition coefficient (Wildman–Crippen LogP) is 2.96. The second-order valence-electron chi connectivity index (χ2n) is 7.01. The first-order valence-corrected chi connectivity index (χ1v) is 9.72. The Morgan fingerprint density at radius 1 is 1.29 bits per heavy atom. The highest BCUT2D eigenvalue weighted by atomic mass is 35.5. The van der Waals surface area contributed by atoms with Crippen molar-refractivity contribution in [2.75, 3.05) is 32.7 Å². The van der Waals surface area contributed by atoms with Crippen molar-refractivity contribution < 1.29 is 14.4 Å². The Morgan fingerprint density at radius 3 is 2.64 bits per heavy atom. The number of benzene rings is 1. The van der Waals surface area contributed by atoms with Crippen LogP contribution < -0.4 is 0 Å². The zero-order valence-corrected chi connectivity index (χ0v) is 17.1. The maximum atomic E-state index is 11.0. The summed E-state index contributed by atoms with van der Waals surface area (Å²) in [6.45, 7) is 5.99. The lowest BCUT2D eigenvalue weighted by Gasteiger charge is -2.37. The van der Waals surface area contributed by atoms with E-state index in [0.717, 1.165) is 57.4 Å². The number of carboxylic acid groups (broad SMARTS) is 1. The highest BCUT2D eigenvalue weighted by Crippen LogP contribution is 2.18. The van der Waals surface area contributed by atoms with Crippen LogP contribution in [0.2, 0.25) is 0 Å². The topological polar surface area (TPSA) is 82.7 Å². The summed E-state index contributed by atoms with van der Waals surface area (Å²) in [7, 11) is 0. The third-order valence-electron chi connectivity index (χ3n) is 5.18. The number of carbonyl (C=O) groups is 1. The molecule has 0 radical (unpaired) electrons. The molecule has 0 spiro atoms. The van der Waals surface area contributed by atoms with E-state index in [1.807, 2.05) is 37.3 Å². The summed E-state index contributed by atoms with van der Waals surface area (Å²) in [6.07, 6.45) is 3.81. The van der Waals surface area contributed by atoms with Crippen molar-refractivity contribution in [1.82, 2.24) is 19.9 Å². The standard InChI is InChI=1S/C20H28N4O3.ClH/c1-2-24(15-19(25)26)17-10-13-23(14-11-17)12-6-9-18-21-20(22-27-18)16-7-4-3-5-8-16;/h3-5,7-8,17H,2,6,9-15H2,1H3,(H,25,26);1H. The van der Waals surface area contributed by atoms with E-state index < -0.39 is 5.97 Å². The predicted molar refractivity (Wildman–Crippen MR) is 110 cm³/mol. The molecule has 1 N–H and O–H groups in total. The Kier molecular flexibility index (Phi) is 8.89. The fourth-order valence-corrected chi connectivity index (χ4v) is 3.70. The number of halogens is 1. The summed E-state index contributed by atoms with van der Waals surface area (Å²) in [5.74, 6) is 0.584. The Bertz CT molecular complexity index is 717.